The molecule has 3 heterocycles. The Morgan fingerprint density at radius 3 is 2.57 bits per heavy atom. The molecule has 3 aliphatic heterocycles. The van der Waals surface area contributed by atoms with Crippen molar-refractivity contribution in [3.8, 4) is 0 Å². The van der Waals surface area contributed by atoms with E-state index in [1.54, 1.807) is 15.9 Å². The van der Waals surface area contributed by atoms with E-state index < -0.39 is 10.5 Å². The number of likely N-dealkylation sites (tertiary alicyclic amines) is 1. The van der Waals surface area contributed by atoms with Crippen molar-refractivity contribution in [2.24, 2.45) is 0 Å². The molecule has 10 heteroatoms. The second-order valence-electron chi connectivity index (χ2n) is 9.34. The predicted molar refractivity (Wildman–Crippen MR) is 128 cm³/mol. The zero-order valence-corrected chi connectivity index (χ0v) is 19.3. The van der Waals surface area contributed by atoms with Crippen LogP contribution >= 0.6 is 0 Å². The van der Waals surface area contributed by atoms with Crippen molar-refractivity contribution >= 4 is 29.1 Å². The van der Waals surface area contributed by atoms with E-state index in [1.165, 1.54) is 18.2 Å². The van der Waals surface area contributed by atoms with E-state index in [2.05, 4.69) is 5.32 Å². The standard InChI is InChI=1S/C25H27N5O5/c31-22(29-10-4-9-25(29)16-19-5-1-2-8-21(19)26-24(25)33)17-27-11-13-28(14-12-27)23(32)18-6-3-7-20(15-18)30(34)35/h1-3,5-8,15H,4,9-14,16-17H2,(H,26,33). The first-order chi connectivity index (χ1) is 16.9. The van der Waals surface area contributed by atoms with Gasteiger partial charge in [0.2, 0.25) is 5.91 Å². The van der Waals surface area contributed by atoms with Gasteiger partial charge in [0.1, 0.15) is 5.54 Å². The van der Waals surface area contributed by atoms with Crippen LogP contribution in [0.25, 0.3) is 0 Å². The highest BCUT2D eigenvalue weighted by Gasteiger charge is 2.51. The van der Waals surface area contributed by atoms with E-state index in [4.69, 9.17) is 0 Å². The van der Waals surface area contributed by atoms with Crippen molar-refractivity contribution in [1.29, 1.82) is 0 Å². The molecule has 2 saturated heterocycles. The summed E-state index contributed by atoms with van der Waals surface area (Å²) in [4.78, 5) is 55.2. The van der Waals surface area contributed by atoms with Gasteiger partial charge in [0.25, 0.3) is 17.5 Å². The first kappa shape index (κ1) is 23.0. The maximum Gasteiger partial charge on any atom is 0.270 e. The molecule has 0 bridgehead atoms. The molecule has 0 saturated carbocycles. The number of para-hydroxylation sites is 1. The quantitative estimate of drug-likeness (QED) is 0.531. The Morgan fingerprint density at radius 2 is 1.80 bits per heavy atom. The van der Waals surface area contributed by atoms with Crippen LogP contribution < -0.4 is 5.32 Å². The van der Waals surface area contributed by atoms with Crippen molar-refractivity contribution in [1.82, 2.24) is 14.7 Å². The molecular formula is C25H27N5O5. The van der Waals surface area contributed by atoms with Crippen LogP contribution in [-0.4, -0.2) is 82.2 Å². The molecule has 0 aliphatic carbocycles. The Balaban J connectivity index is 1.21. The van der Waals surface area contributed by atoms with Crippen LogP contribution in [0.5, 0.6) is 0 Å². The van der Waals surface area contributed by atoms with E-state index >= 15 is 0 Å². The van der Waals surface area contributed by atoms with Crippen molar-refractivity contribution in [2.45, 2.75) is 24.8 Å². The van der Waals surface area contributed by atoms with Crippen LogP contribution in [0.3, 0.4) is 0 Å². The van der Waals surface area contributed by atoms with Crippen LogP contribution in [0.2, 0.25) is 0 Å². The minimum atomic E-state index is -0.842. The molecule has 35 heavy (non-hydrogen) atoms. The number of amides is 3. The van der Waals surface area contributed by atoms with Crippen molar-refractivity contribution < 1.29 is 19.3 Å². The normalized spacial score (nSPS) is 22.1. The number of fused-ring (bicyclic) bond motifs is 1. The summed E-state index contributed by atoms with van der Waals surface area (Å²) in [7, 11) is 0. The van der Waals surface area contributed by atoms with Crippen LogP contribution in [0, 0.1) is 10.1 Å². The van der Waals surface area contributed by atoms with Gasteiger partial charge in [-0.05, 0) is 30.5 Å². The number of nitro groups is 1. The predicted octanol–water partition coefficient (Wildman–Crippen LogP) is 1.91. The first-order valence-electron chi connectivity index (χ1n) is 11.8. The number of hydrogen-bond donors (Lipinski definition) is 1. The third-order valence-corrected chi connectivity index (χ3v) is 7.28. The average molecular weight is 478 g/mol. The van der Waals surface area contributed by atoms with Gasteiger partial charge in [-0.3, -0.25) is 29.4 Å². The molecule has 2 fully saturated rings. The molecule has 2 aromatic rings. The summed E-state index contributed by atoms with van der Waals surface area (Å²) in [5.74, 6) is -0.444. The Kier molecular flexibility index (Phi) is 5.98. The zero-order valence-electron chi connectivity index (χ0n) is 19.3. The lowest BCUT2D eigenvalue weighted by Crippen LogP contribution is -2.60. The van der Waals surface area contributed by atoms with E-state index in [9.17, 15) is 24.5 Å². The van der Waals surface area contributed by atoms with Gasteiger partial charge in [0, 0.05) is 62.5 Å². The van der Waals surface area contributed by atoms with Gasteiger partial charge in [-0.2, -0.15) is 0 Å². The number of benzene rings is 2. The van der Waals surface area contributed by atoms with Gasteiger partial charge in [-0.25, -0.2) is 0 Å². The lowest BCUT2D eigenvalue weighted by atomic mass is 9.83. The van der Waals surface area contributed by atoms with Gasteiger partial charge >= 0.3 is 0 Å². The van der Waals surface area contributed by atoms with E-state index in [0.717, 1.165) is 17.7 Å². The van der Waals surface area contributed by atoms with Crippen LogP contribution in [-0.2, 0) is 16.0 Å². The van der Waals surface area contributed by atoms with E-state index in [1.807, 2.05) is 29.2 Å². The van der Waals surface area contributed by atoms with Gasteiger partial charge in [0.05, 0.1) is 11.5 Å². The van der Waals surface area contributed by atoms with Gasteiger partial charge in [0.15, 0.2) is 0 Å². The van der Waals surface area contributed by atoms with E-state index in [0.29, 0.717) is 45.6 Å². The fourth-order valence-corrected chi connectivity index (χ4v) is 5.41. The maximum atomic E-state index is 13.3. The molecule has 1 unspecified atom stereocenters. The largest absolute Gasteiger partial charge is 0.336 e. The SMILES string of the molecule is O=C(c1cccc([N+](=O)[O-])c1)N1CCN(CC(=O)N2CCCC23Cc2ccccc2NC3=O)CC1. The van der Waals surface area contributed by atoms with Crippen molar-refractivity contribution in [3.05, 3.63) is 69.8 Å². The minimum Gasteiger partial charge on any atom is -0.336 e. The molecular weight excluding hydrogens is 450 g/mol. The number of nitrogens with zero attached hydrogens (tertiary/aromatic N) is 4. The number of carbonyl (C=O) groups excluding carboxylic acids is 3. The summed E-state index contributed by atoms with van der Waals surface area (Å²) >= 11 is 0. The second kappa shape index (κ2) is 9.10. The molecule has 10 nitrogen and oxygen atoms in total. The van der Waals surface area contributed by atoms with Gasteiger partial charge < -0.3 is 15.1 Å². The van der Waals surface area contributed by atoms with Crippen LogP contribution in [0.15, 0.2) is 48.5 Å². The van der Waals surface area contributed by atoms with E-state index in [-0.39, 0.29) is 35.5 Å². The third-order valence-electron chi connectivity index (χ3n) is 7.28. The Morgan fingerprint density at radius 1 is 1.03 bits per heavy atom. The number of carbonyl (C=O) groups is 3. The van der Waals surface area contributed by atoms with Gasteiger partial charge in [-0.15, -0.1) is 0 Å². The Bertz CT molecular complexity index is 1190. The summed E-state index contributed by atoms with van der Waals surface area (Å²) in [6, 6.07) is 13.4. The molecule has 2 aromatic carbocycles. The fourth-order valence-electron chi connectivity index (χ4n) is 5.41. The van der Waals surface area contributed by atoms with Crippen molar-refractivity contribution in [3.63, 3.8) is 0 Å². The molecule has 182 valence electrons. The van der Waals surface area contributed by atoms with Crippen molar-refractivity contribution in [2.75, 3.05) is 44.6 Å². The van der Waals surface area contributed by atoms with Gasteiger partial charge in [-0.1, -0.05) is 24.3 Å². The summed E-state index contributed by atoms with van der Waals surface area (Å²) < 4.78 is 0. The highest BCUT2D eigenvalue weighted by molar-refractivity contribution is 6.04. The first-order valence-corrected chi connectivity index (χ1v) is 11.8. The summed E-state index contributed by atoms with van der Waals surface area (Å²) in [5.41, 5.74) is 1.18. The minimum absolute atomic E-state index is 0.0736. The highest BCUT2D eigenvalue weighted by atomic mass is 16.6. The number of anilines is 1. The number of piperazine rings is 1. The molecule has 3 aliphatic rings. The Labute approximate surface area is 202 Å². The molecule has 1 atom stereocenters. The number of nitrogens with one attached hydrogen (secondary N) is 1. The lowest BCUT2D eigenvalue weighted by molar-refractivity contribution is -0.384. The smallest absolute Gasteiger partial charge is 0.270 e. The Hall–Kier alpha value is -3.79. The number of non-ortho nitro benzene ring substituents is 1. The number of rotatable bonds is 4. The summed E-state index contributed by atoms with van der Waals surface area (Å²) in [6.07, 6.45) is 1.95. The summed E-state index contributed by atoms with van der Waals surface area (Å²) in [5, 5.41) is 14.0. The monoisotopic (exact) mass is 477 g/mol. The molecule has 1 spiro atoms. The molecule has 1 N–H and O–H groups in total. The zero-order chi connectivity index (χ0) is 24.6. The average Bonchev–Trinajstić information content (AvgIpc) is 3.29. The third kappa shape index (κ3) is 4.25. The molecule has 0 aromatic heterocycles. The summed E-state index contributed by atoms with van der Waals surface area (Å²) in [6.45, 7) is 2.63. The fraction of sp³-hybridized carbons (Fsp3) is 0.400. The highest BCUT2D eigenvalue weighted by Crippen LogP contribution is 2.39. The van der Waals surface area contributed by atoms with Crippen LogP contribution in [0.1, 0.15) is 28.8 Å². The lowest BCUT2D eigenvalue weighted by Gasteiger charge is -2.42. The number of nitro benzene ring substituents is 1. The molecule has 0 radical (unpaired) electrons. The van der Waals surface area contributed by atoms with Crippen LogP contribution in [0.4, 0.5) is 11.4 Å². The second-order valence-corrected chi connectivity index (χ2v) is 9.34. The number of hydrogen-bond acceptors (Lipinski definition) is 6. The molecule has 5 rings (SSSR count). The molecule has 3 amide bonds. The topological polar surface area (TPSA) is 116 Å². The maximum absolute atomic E-state index is 13.3.